The first-order valence-corrected chi connectivity index (χ1v) is 8.76. The second-order valence-corrected chi connectivity index (χ2v) is 7.09. The highest BCUT2D eigenvalue weighted by atomic mass is 16.6. The van der Waals surface area contributed by atoms with Crippen molar-refractivity contribution in [2.75, 3.05) is 13.1 Å². The predicted octanol–water partition coefficient (Wildman–Crippen LogP) is 2.17. The molecular weight excluding hydrogens is 320 g/mol. The van der Waals surface area contributed by atoms with Gasteiger partial charge in [-0.3, -0.25) is 4.79 Å². The molecule has 1 saturated carbocycles. The minimum atomic E-state index is -0.435. The molecule has 0 atom stereocenters. The van der Waals surface area contributed by atoms with E-state index in [0.717, 1.165) is 24.2 Å². The summed E-state index contributed by atoms with van der Waals surface area (Å²) >= 11 is 0. The third kappa shape index (κ3) is 3.06. The van der Waals surface area contributed by atoms with Gasteiger partial charge in [-0.15, -0.1) is 0 Å². The summed E-state index contributed by atoms with van der Waals surface area (Å²) in [4.78, 5) is 30.7. The molecule has 2 aliphatic rings. The number of alkyl carbamates (subject to hydrolysis) is 1. The van der Waals surface area contributed by atoms with E-state index in [9.17, 15) is 9.59 Å². The van der Waals surface area contributed by atoms with Gasteiger partial charge in [-0.2, -0.15) is 0 Å². The van der Waals surface area contributed by atoms with Crippen LogP contribution in [0, 0.1) is 0 Å². The van der Waals surface area contributed by atoms with Crippen LogP contribution in [-0.2, 0) is 4.74 Å². The first-order chi connectivity index (χ1) is 12.0. The van der Waals surface area contributed by atoms with Crippen LogP contribution in [0.1, 0.15) is 48.9 Å². The van der Waals surface area contributed by atoms with E-state index < -0.39 is 6.09 Å². The van der Waals surface area contributed by atoms with Crippen LogP contribution in [0.15, 0.2) is 24.4 Å². The Bertz CT molecular complexity index is 819. The van der Waals surface area contributed by atoms with Gasteiger partial charge in [0, 0.05) is 18.2 Å². The van der Waals surface area contributed by atoms with Crippen molar-refractivity contribution in [3.63, 3.8) is 0 Å². The van der Waals surface area contributed by atoms with Gasteiger partial charge < -0.3 is 19.4 Å². The summed E-state index contributed by atoms with van der Waals surface area (Å²) in [6, 6.07) is 5.83. The third-order valence-electron chi connectivity index (χ3n) is 4.54. The summed E-state index contributed by atoms with van der Waals surface area (Å²) in [5.74, 6) is 1.34. The van der Waals surface area contributed by atoms with Crippen LogP contribution in [0.2, 0.25) is 0 Å². The van der Waals surface area contributed by atoms with Gasteiger partial charge in [-0.25, -0.2) is 9.78 Å². The highest BCUT2D eigenvalue weighted by molar-refractivity contribution is 5.99. The fourth-order valence-corrected chi connectivity index (χ4v) is 3.10. The number of nitrogens with zero attached hydrogens (tertiary/aromatic N) is 3. The van der Waals surface area contributed by atoms with Gasteiger partial charge in [0.05, 0.1) is 18.6 Å². The summed E-state index contributed by atoms with van der Waals surface area (Å²) in [6.45, 7) is 4.57. The van der Waals surface area contributed by atoms with Crippen molar-refractivity contribution >= 4 is 17.5 Å². The molecule has 2 fully saturated rings. The lowest BCUT2D eigenvalue weighted by Gasteiger charge is -2.38. The number of hydrogen-bond donors (Lipinski definition) is 1. The molecule has 2 amide bonds. The molecule has 0 bridgehead atoms. The summed E-state index contributed by atoms with van der Waals surface area (Å²) in [5.41, 5.74) is 1.34. The van der Waals surface area contributed by atoms with Gasteiger partial charge in [0.15, 0.2) is 5.69 Å². The van der Waals surface area contributed by atoms with E-state index in [-0.39, 0.29) is 18.1 Å². The third-order valence-corrected chi connectivity index (χ3v) is 4.54. The number of nitrogens with one attached hydrogen (secondary N) is 1. The van der Waals surface area contributed by atoms with Crippen LogP contribution >= 0.6 is 0 Å². The average Bonchev–Trinajstić information content (AvgIpc) is 3.30. The number of hydrogen-bond acceptors (Lipinski definition) is 4. The minimum absolute atomic E-state index is 0.0306. The Labute approximate surface area is 146 Å². The van der Waals surface area contributed by atoms with Gasteiger partial charge in [0.1, 0.15) is 11.9 Å². The molecule has 2 aromatic rings. The fraction of sp³-hybridized carbons (Fsp3) is 0.500. The molecule has 7 nitrogen and oxygen atoms in total. The molecule has 132 valence electrons. The Morgan fingerprint density at radius 1 is 1.28 bits per heavy atom. The maximum absolute atomic E-state index is 12.8. The summed E-state index contributed by atoms with van der Waals surface area (Å²) in [5, 5.41) is 2.68. The van der Waals surface area contributed by atoms with Crippen molar-refractivity contribution in [2.24, 2.45) is 0 Å². The number of ether oxygens (including phenoxy) is 1. The zero-order valence-electron chi connectivity index (χ0n) is 14.4. The van der Waals surface area contributed by atoms with Gasteiger partial charge in [-0.1, -0.05) is 6.07 Å². The Hall–Kier alpha value is -2.57. The molecule has 0 spiro atoms. The SMILES string of the molecule is CC(C)NC(=O)OC1CN(C(=O)c2nc(C3CC3)n3ccccc23)C1. The van der Waals surface area contributed by atoms with Crippen molar-refractivity contribution in [2.45, 2.75) is 44.8 Å². The van der Waals surface area contributed by atoms with E-state index >= 15 is 0 Å². The lowest BCUT2D eigenvalue weighted by molar-refractivity contribution is -0.00718. The smallest absolute Gasteiger partial charge is 0.407 e. The van der Waals surface area contributed by atoms with E-state index in [2.05, 4.69) is 10.3 Å². The Morgan fingerprint density at radius 3 is 2.72 bits per heavy atom. The average molecular weight is 342 g/mol. The number of pyridine rings is 1. The molecule has 1 N–H and O–H groups in total. The number of likely N-dealkylation sites (tertiary alicyclic amines) is 1. The number of amides is 2. The number of aromatic nitrogens is 2. The standard InChI is InChI=1S/C18H22N4O3/c1-11(2)19-18(24)25-13-9-21(10-13)17(23)15-14-5-3-4-8-22(14)16(20-15)12-6-7-12/h3-5,8,11-13H,6-7,9-10H2,1-2H3,(H,19,24). The quantitative estimate of drug-likeness (QED) is 0.924. The first-order valence-electron chi connectivity index (χ1n) is 8.76. The Balaban J connectivity index is 1.45. The van der Waals surface area contributed by atoms with E-state index in [1.54, 1.807) is 4.90 Å². The highest BCUT2D eigenvalue weighted by Gasteiger charge is 2.37. The van der Waals surface area contributed by atoms with Gasteiger partial charge in [0.2, 0.25) is 0 Å². The zero-order valence-corrected chi connectivity index (χ0v) is 14.4. The van der Waals surface area contributed by atoms with Crippen molar-refractivity contribution in [1.82, 2.24) is 19.6 Å². The van der Waals surface area contributed by atoms with E-state index in [4.69, 9.17) is 4.74 Å². The molecule has 7 heteroatoms. The fourth-order valence-electron chi connectivity index (χ4n) is 3.10. The molecule has 4 rings (SSSR count). The number of carbonyl (C=O) groups excluding carboxylic acids is 2. The summed E-state index contributed by atoms with van der Waals surface area (Å²) < 4.78 is 7.31. The number of imidazole rings is 1. The lowest BCUT2D eigenvalue weighted by atomic mass is 10.1. The highest BCUT2D eigenvalue weighted by Crippen LogP contribution is 2.40. The molecule has 1 aliphatic heterocycles. The predicted molar refractivity (Wildman–Crippen MR) is 91.6 cm³/mol. The summed E-state index contributed by atoms with van der Waals surface area (Å²) in [7, 11) is 0. The minimum Gasteiger partial charge on any atom is -0.442 e. The van der Waals surface area contributed by atoms with Crippen LogP contribution in [0.25, 0.3) is 5.52 Å². The molecule has 25 heavy (non-hydrogen) atoms. The van der Waals surface area contributed by atoms with Gasteiger partial charge in [-0.05, 0) is 38.8 Å². The topological polar surface area (TPSA) is 75.9 Å². The first kappa shape index (κ1) is 15.9. The molecule has 2 aromatic heterocycles. The molecule has 1 aliphatic carbocycles. The van der Waals surface area contributed by atoms with Crippen molar-refractivity contribution < 1.29 is 14.3 Å². The molecule has 0 radical (unpaired) electrons. The van der Waals surface area contributed by atoms with Crippen LogP contribution in [0.3, 0.4) is 0 Å². The maximum atomic E-state index is 12.8. The molecule has 0 unspecified atom stereocenters. The normalized spacial score (nSPS) is 17.6. The van der Waals surface area contributed by atoms with Crippen molar-refractivity contribution in [1.29, 1.82) is 0 Å². The molecule has 0 aromatic carbocycles. The van der Waals surface area contributed by atoms with Crippen molar-refractivity contribution in [3.8, 4) is 0 Å². The van der Waals surface area contributed by atoms with Crippen LogP contribution in [0.5, 0.6) is 0 Å². The molecule has 3 heterocycles. The van der Waals surface area contributed by atoms with Crippen LogP contribution in [0.4, 0.5) is 4.79 Å². The van der Waals surface area contributed by atoms with E-state index in [0.29, 0.717) is 24.7 Å². The Morgan fingerprint density at radius 2 is 2.04 bits per heavy atom. The maximum Gasteiger partial charge on any atom is 0.407 e. The Kier molecular flexibility index (Phi) is 3.86. The number of carbonyl (C=O) groups is 2. The monoisotopic (exact) mass is 342 g/mol. The second-order valence-electron chi connectivity index (χ2n) is 7.09. The molecule has 1 saturated heterocycles. The van der Waals surface area contributed by atoms with Gasteiger partial charge >= 0.3 is 6.09 Å². The lowest BCUT2D eigenvalue weighted by Crippen LogP contribution is -2.56. The zero-order chi connectivity index (χ0) is 17.6. The van der Waals surface area contributed by atoms with E-state index in [1.807, 2.05) is 42.6 Å². The largest absolute Gasteiger partial charge is 0.442 e. The molecular formula is C18H22N4O3. The second kappa shape index (κ2) is 6.06. The summed E-state index contributed by atoms with van der Waals surface area (Å²) in [6.07, 6.45) is 3.54. The number of rotatable bonds is 4. The van der Waals surface area contributed by atoms with Crippen LogP contribution in [-0.4, -0.2) is 51.5 Å². The van der Waals surface area contributed by atoms with Crippen LogP contribution < -0.4 is 5.32 Å². The van der Waals surface area contributed by atoms with E-state index in [1.165, 1.54) is 0 Å². The van der Waals surface area contributed by atoms with Crippen molar-refractivity contribution in [3.05, 3.63) is 35.9 Å². The van der Waals surface area contributed by atoms with Gasteiger partial charge in [0.25, 0.3) is 5.91 Å². The number of fused-ring (bicyclic) bond motifs is 1.